The van der Waals surface area contributed by atoms with Crippen molar-refractivity contribution in [2.24, 2.45) is 0 Å². The van der Waals surface area contributed by atoms with Crippen molar-refractivity contribution in [1.29, 1.82) is 0 Å². The highest BCUT2D eigenvalue weighted by molar-refractivity contribution is 7.89. The van der Waals surface area contributed by atoms with Crippen LogP contribution in [0.3, 0.4) is 0 Å². The first-order chi connectivity index (χ1) is 13.6. The summed E-state index contributed by atoms with van der Waals surface area (Å²) in [5, 5.41) is 4.94. The predicted molar refractivity (Wildman–Crippen MR) is 107 cm³/mol. The van der Waals surface area contributed by atoms with Gasteiger partial charge in [-0.2, -0.15) is 4.31 Å². The number of sulfonamides is 1. The summed E-state index contributed by atoms with van der Waals surface area (Å²) in [5.74, 6) is 0. The summed E-state index contributed by atoms with van der Waals surface area (Å²) in [7, 11) is -3.61. The zero-order valence-electron chi connectivity index (χ0n) is 15.5. The molecule has 0 atom stereocenters. The maximum absolute atomic E-state index is 13.0. The summed E-state index contributed by atoms with van der Waals surface area (Å²) in [6.07, 6.45) is 0.864. The number of urea groups is 1. The maximum Gasteiger partial charge on any atom is 0.317 e. The molecule has 0 bridgehead atoms. The van der Waals surface area contributed by atoms with E-state index in [-0.39, 0.29) is 17.5 Å². The monoisotopic (exact) mass is 421 g/mol. The third-order valence-electron chi connectivity index (χ3n) is 5.09. The van der Waals surface area contributed by atoms with E-state index in [9.17, 15) is 13.2 Å². The van der Waals surface area contributed by atoms with Crippen molar-refractivity contribution in [1.82, 2.24) is 14.5 Å². The van der Waals surface area contributed by atoms with E-state index in [0.29, 0.717) is 45.0 Å². The molecular formula is C19H23N3O4S2. The molecule has 3 heterocycles. The highest BCUT2D eigenvalue weighted by Gasteiger charge is 2.28. The normalized spacial score (nSPS) is 17.9. The molecule has 2 aliphatic heterocycles. The van der Waals surface area contributed by atoms with Gasteiger partial charge in [0.25, 0.3) is 0 Å². The highest BCUT2D eigenvalue weighted by atomic mass is 32.2. The predicted octanol–water partition coefficient (Wildman–Crippen LogP) is 2.04. The summed E-state index contributed by atoms with van der Waals surface area (Å²) in [5.41, 5.74) is 1.79. The minimum atomic E-state index is -3.61. The van der Waals surface area contributed by atoms with Gasteiger partial charge in [-0.1, -0.05) is 18.2 Å². The molecule has 1 fully saturated rings. The van der Waals surface area contributed by atoms with E-state index in [1.807, 2.05) is 0 Å². The third-order valence-corrected chi connectivity index (χ3v) is 8.11. The molecule has 0 saturated carbocycles. The Morgan fingerprint density at radius 3 is 2.75 bits per heavy atom. The van der Waals surface area contributed by atoms with Gasteiger partial charge in [-0.25, -0.2) is 13.2 Å². The Kier molecular flexibility index (Phi) is 5.68. The van der Waals surface area contributed by atoms with E-state index in [1.165, 1.54) is 14.7 Å². The van der Waals surface area contributed by atoms with Crippen LogP contribution in [0.25, 0.3) is 0 Å². The summed E-state index contributed by atoms with van der Waals surface area (Å²) in [6.45, 7) is 2.94. The Labute approximate surface area is 169 Å². The fraction of sp³-hybridized carbons (Fsp3) is 0.421. The van der Waals surface area contributed by atoms with Gasteiger partial charge in [-0.15, -0.1) is 11.3 Å². The number of morpholine rings is 1. The van der Waals surface area contributed by atoms with Crippen LogP contribution in [-0.2, 0) is 34.3 Å². The van der Waals surface area contributed by atoms with Crippen LogP contribution in [0, 0.1) is 0 Å². The standard InChI is InChI=1S/C19H23N3O4S2/c23-19(21-7-5-17-16(14-21)6-12-27-17)20-13-15-3-1-2-4-18(15)28(24,25)22-8-10-26-11-9-22/h1-4,6,12H,5,7-11,13-14H2,(H,20,23). The van der Waals surface area contributed by atoms with Crippen LogP contribution in [0.2, 0.25) is 0 Å². The smallest absolute Gasteiger partial charge is 0.317 e. The number of amides is 2. The van der Waals surface area contributed by atoms with Gasteiger partial charge in [-0.05, 0) is 35.1 Å². The number of carbonyl (C=O) groups is 1. The molecule has 1 N–H and O–H groups in total. The maximum atomic E-state index is 13.0. The van der Waals surface area contributed by atoms with Crippen molar-refractivity contribution in [3.63, 3.8) is 0 Å². The molecule has 0 radical (unpaired) electrons. The zero-order chi connectivity index (χ0) is 19.6. The van der Waals surface area contributed by atoms with Crippen LogP contribution < -0.4 is 5.32 Å². The zero-order valence-corrected chi connectivity index (χ0v) is 17.1. The molecule has 9 heteroatoms. The average molecular weight is 422 g/mol. The Morgan fingerprint density at radius 1 is 1.14 bits per heavy atom. The first-order valence-electron chi connectivity index (χ1n) is 9.29. The summed E-state index contributed by atoms with van der Waals surface area (Å²) < 4.78 is 32.7. The van der Waals surface area contributed by atoms with Crippen molar-refractivity contribution in [2.75, 3.05) is 32.8 Å². The van der Waals surface area contributed by atoms with E-state index < -0.39 is 10.0 Å². The average Bonchev–Trinajstić information content (AvgIpc) is 3.20. The molecule has 1 aromatic carbocycles. The van der Waals surface area contributed by atoms with Gasteiger partial charge in [0.15, 0.2) is 0 Å². The number of fused-ring (bicyclic) bond motifs is 1. The molecule has 4 rings (SSSR count). The minimum Gasteiger partial charge on any atom is -0.379 e. The third kappa shape index (κ3) is 3.93. The summed E-state index contributed by atoms with van der Waals surface area (Å²) in [6, 6.07) is 8.74. The first kappa shape index (κ1) is 19.4. The van der Waals surface area contributed by atoms with Gasteiger partial charge < -0.3 is 15.0 Å². The minimum absolute atomic E-state index is 0.171. The topological polar surface area (TPSA) is 79.0 Å². The van der Waals surface area contributed by atoms with E-state index in [4.69, 9.17) is 4.74 Å². The largest absolute Gasteiger partial charge is 0.379 e. The van der Waals surface area contributed by atoms with Gasteiger partial charge in [0, 0.05) is 37.6 Å². The van der Waals surface area contributed by atoms with Gasteiger partial charge in [0.1, 0.15) is 0 Å². The number of hydrogen-bond acceptors (Lipinski definition) is 5. The van der Waals surface area contributed by atoms with Crippen LogP contribution in [0.5, 0.6) is 0 Å². The number of carbonyl (C=O) groups excluding carboxylic acids is 1. The Bertz CT molecular complexity index is 952. The molecule has 1 aromatic heterocycles. The van der Waals surface area contributed by atoms with Crippen LogP contribution in [0.4, 0.5) is 4.79 Å². The summed E-state index contributed by atoms with van der Waals surface area (Å²) in [4.78, 5) is 16.0. The van der Waals surface area contributed by atoms with Gasteiger partial charge >= 0.3 is 6.03 Å². The second kappa shape index (κ2) is 8.20. The van der Waals surface area contributed by atoms with E-state index in [0.717, 1.165) is 6.42 Å². The molecule has 1 saturated heterocycles. The lowest BCUT2D eigenvalue weighted by Crippen LogP contribution is -2.43. The molecule has 0 spiro atoms. The highest BCUT2D eigenvalue weighted by Crippen LogP contribution is 2.24. The van der Waals surface area contributed by atoms with Crippen molar-refractivity contribution < 1.29 is 17.9 Å². The van der Waals surface area contributed by atoms with Crippen LogP contribution >= 0.6 is 11.3 Å². The Hall–Kier alpha value is -1.94. The molecule has 7 nitrogen and oxygen atoms in total. The van der Waals surface area contributed by atoms with Crippen molar-refractivity contribution in [3.8, 4) is 0 Å². The van der Waals surface area contributed by atoms with E-state index in [2.05, 4.69) is 16.8 Å². The second-order valence-electron chi connectivity index (χ2n) is 6.82. The number of ether oxygens (including phenoxy) is 1. The van der Waals surface area contributed by atoms with Crippen LogP contribution in [-0.4, -0.2) is 56.5 Å². The fourth-order valence-corrected chi connectivity index (χ4v) is 6.05. The number of thiophene rings is 1. The van der Waals surface area contributed by atoms with Crippen LogP contribution in [0.1, 0.15) is 16.0 Å². The summed E-state index contributed by atoms with van der Waals surface area (Å²) >= 11 is 1.73. The number of hydrogen-bond donors (Lipinski definition) is 1. The first-order valence-corrected chi connectivity index (χ1v) is 11.6. The molecule has 2 aliphatic rings. The van der Waals surface area contributed by atoms with Gasteiger partial charge in [0.05, 0.1) is 18.1 Å². The Morgan fingerprint density at radius 2 is 1.93 bits per heavy atom. The molecule has 0 aliphatic carbocycles. The molecular weight excluding hydrogens is 398 g/mol. The number of nitrogens with one attached hydrogen (secondary N) is 1. The van der Waals surface area contributed by atoms with Gasteiger partial charge in [0.2, 0.25) is 10.0 Å². The second-order valence-corrected chi connectivity index (χ2v) is 9.73. The number of rotatable bonds is 4. The number of benzene rings is 1. The van der Waals surface area contributed by atoms with E-state index >= 15 is 0 Å². The fourth-order valence-electron chi connectivity index (χ4n) is 3.53. The quantitative estimate of drug-likeness (QED) is 0.819. The lowest BCUT2D eigenvalue weighted by Gasteiger charge is -2.28. The molecule has 150 valence electrons. The Balaban J connectivity index is 1.45. The lowest BCUT2D eigenvalue weighted by molar-refractivity contribution is 0.0730. The van der Waals surface area contributed by atoms with Crippen LogP contribution in [0.15, 0.2) is 40.6 Å². The molecule has 2 aromatic rings. The van der Waals surface area contributed by atoms with Gasteiger partial charge in [-0.3, -0.25) is 0 Å². The van der Waals surface area contributed by atoms with Crippen molar-refractivity contribution in [2.45, 2.75) is 24.4 Å². The SMILES string of the molecule is O=C(NCc1ccccc1S(=O)(=O)N1CCOCC1)N1CCc2sccc2C1. The molecule has 28 heavy (non-hydrogen) atoms. The van der Waals surface area contributed by atoms with E-state index in [1.54, 1.807) is 40.5 Å². The number of nitrogens with zero attached hydrogens (tertiary/aromatic N) is 2. The molecule has 0 unspecified atom stereocenters. The lowest BCUT2D eigenvalue weighted by atomic mass is 10.1. The molecule has 2 amide bonds. The van der Waals surface area contributed by atoms with Crippen molar-refractivity contribution >= 4 is 27.4 Å². The van der Waals surface area contributed by atoms with Crippen molar-refractivity contribution in [3.05, 3.63) is 51.7 Å².